The monoisotopic (exact) mass is 708 g/mol. The summed E-state index contributed by atoms with van der Waals surface area (Å²) in [6, 6.07) is 63.1. The fraction of sp³-hybridized carbons (Fsp3) is 0. The molecule has 0 atom stereocenters. The van der Waals surface area contributed by atoms with Crippen molar-refractivity contribution in [3.05, 3.63) is 181 Å². The highest BCUT2D eigenvalue weighted by Crippen LogP contribution is 2.47. The van der Waals surface area contributed by atoms with E-state index >= 15 is 0 Å². The zero-order valence-electron chi connectivity index (χ0n) is 27.3. The second-order valence-corrected chi connectivity index (χ2v) is 15.3. The van der Waals surface area contributed by atoms with Crippen LogP contribution in [-0.2, 0) is 0 Å². The third-order valence-corrected chi connectivity index (χ3v) is 12.2. The Hall–Kier alpha value is -5.65. The molecule has 2 heterocycles. The molecule has 0 radical (unpaired) electrons. The van der Waals surface area contributed by atoms with Crippen molar-refractivity contribution in [3.8, 4) is 0 Å². The Balaban J connectivity index is 1.12. The second kappa shape index (κ2) is 12.3. The molecule has 0 aliphatic rings. The smallest absolute Gasteiger partial charge is 0.0540 e. The van der Waals surface area contributed by atoms with Gasteiger partial charge in [-0.15, -0.1) is 22.7 Å². The minimum absolute atomic E-state index is 0.769. The average molecular weight is 709 g/mol. The van der Waals surface area contributed by atoms with Crippen LogP contribution in [0.2, 0.25) is 5.02 Å². The van der Waals surface area contributed by atoms with Gasteiger partial charge in [-0.05, 0) is 84.2 Å². The topological polar surface area (TPSA) is 6.48 Å². The number of hydrogen-bond acceptors (Lipinski definition) is 4. The van der Waals surface area contributed by atoms with Crippen molar-refractivity contribution in [2.75, 3.05) is 9.80 Å². The van der Waals surface area contributed by atoms with E-state index in [1.807, 2.05) is 11.3 Å². The highest BCUT2D eigenvalue weighted by atomic mass is 35.5. The van der Waals surface area contributed by atoms with Gasteiger partial charge in [0.2, 0.25) is 0 Å². The molecule has 0 N–H and O–H groups in total. The molecular formula is C46H29ClN2S2. The van der Waals surface area contributed by atoms with Crippen LogP contribution in [0.25, 0.3) is 51.1 Å². The van der Waals surface area contributed by atoms with Crippen molar-refractivity contribution < 1.29 is 0 Å². The van der Waals surface area contributed by atoms with E-state index in [4.69, 9.17) is 11.6 Å². The molecule has 10 rings (SSSR count). The van der Waals surface area contributed by atoms with Crippen LogP contribution in [0.1, 0.15) is 0 Å². The van der Waals surface area contributed by atoms with Gasteiger partial charge in [-0.2, -0.15) is 0 Å². The molecular weight excluding hydrogens is 680 g/mol. The minimum Gasteiger partial charge on any atom is -0.310 e. The van der Waals surface area contributed by atoms with Gasteiger partial charge in [0.1, 0.15) is 0 Å². The summed E-state index contributed by atoms with van der Waals surface area (Å²) in [7, 11) is 0. The van der Waals surface area contributed by atoms with Crippen LogP contribution in [0.3, 0.4) is 0 Å². The standard InChI is InChI=1S/C46H29ClN2S2/c47-40-27-35(29-45-46(40)38-19-9-10-21-42(38)51-45)48(31-14-3-1-4-15-31)34-22-24-37-39-26-33(23-25-43(39)50-44(37)28-34)49(32-16-5-2-6-17-32)41-20-11-13-30-12-7-8-18-36(30)41/h1-29H. The van der Waals surface area contributed by atoms with Gasteiger partial charge in [-0.1, -0.05) is 109 Å². The highest BCUT2D eigenvalue weighted by molar-refractivity contribution is 7.26. The molecule has 2 aromatic heterocycles. The zero-order valence-corrected chi connectivity index (χ0v) is 29.7. The van der Waals surface area contributed by atoms with Gasteiger partial charge in [0.05, 0.1) is 10.7 Å². The first-order valence-corrected chi connectivity index (χ1v) is 19.0. The molecule has 242 valence electrons. The molecule has 2 nitrogen and oxygen atoms in total. The first-order valence-electron chi connectivity index (χ1n) is 16.9. The Kier molecular flexibility index (Phi) is 7.28. The fourth-order valence-corrected chi connectivity index (χ4v) is 10.0. The molecule has 0 saturated heterocycles. The number of hydrogen-bond donors (Lipinski definition) is 0. The van der Waals surface area contributed by atoms with Crippen molar-refractivity contribution in [2.24, 2.45) is 0 Å². The summed E-state index contributed by atoms with van der Waals surface area (Å²) in [6.45, 7) is 0. The Labute approximate surface area is 308 Å². The number of nitrogens with zero attached hydrogens (tertiary/aromatic N) is 2. The van der Waals surface area contributed by atoms with Gasteiger partial charge < -0.3 is 9.80 Å². The lowest BCUT2D eigenvalue weighted by atomic mass is 10.1. The number of rotatable bonds is 6. The molecule has 0 amide bonds. The Bertz CT molecular complexity index is 2890. The molecule has 5 heteroatoms. The van der Waals surface area contributed by atoms with E-state index in [0.29, 0.717) is 0 Å². The summed E-state index contributed by atoms with van der Waals surface area (Å²) in [5, 5.41) is 8.04. The number of fused-ring (bicyclic) bond motifs is 7. The molecule has 10 aromatic rings. The Morgan fingerprint density at radius 3 is 1.78 bits per heavy atom. The van der Waals surface area contributed by atoms with Gasteiger partial charge in [0, 0.05) is 74.2 Å². The van der Waals surface area contributed by atoms with E-state index in [-0.39, 0.29) is 0 Å². The summed E-state index contributed by atoms with van der Waals surface area (Å²) in [5.41, 5.74) is 6.65. The van der Waals surface area contributed by atoms with Crippen LogP contribution >= 0.6 is 34.3 Å². The number of thiophene rings is 2. The van der Waals surface area contributed by atoms with E-state index in [9.17, 15) is 0 Å². The molecule has 0 spiro atoms. The second-order valence-electron chi connectivity index (χ2n) is 12.7. The molecule has 0 aliphatic carbocycles. The maximum Gasteiger partial charge on any atom is 0.0540 e. The van der Waals surface area contributed by atoms with Crippen molar-refractivity contribution in [2.45, 2.75) is 0 Å². The lowest BCUT2D eigenvalue weighted by Gasteiger charge is -2.27. The Morgan fingerprint density at radius 1 is 0.353 bits per heavy atom. The predicted octanol–water partition coefficient (Wildman–Crippen LogP) is 15.2. The van der Waals surface area contributed by atoms with Crippen molar-refractivity contribution >= 4 is 120 Å². The van der Waals surface area contributed by atoms with E-state index < -0.39 is 0 Å². The molecule has 51 heavy (non-hydrogen) atoms. The summed E-state index contributed by atoms with van der Waals surface area (Å²) >= 11 is 10.7. The average Bonchev–Trinajstić information content (AvgIpc) is 3.74. The van der Waals surface area contributed by atoms with Crippen LogP contribution in [0.5, 0.6) is 0 Å². The zero-order chi connectivity index (χ0) is 33.9. The van der Waals surface area contributed by atoms with Gasteiger partial charge in [-0.25, -0.2) is 0 Å². The molecule has 8 aromatic carbocycles. The van der Waals surface area contributed by atoms with Gasteiger partial charge in [0.15, 0.2) is 0 Å². The SMILES string of the molecule is Clc1cc(N(c2ccccc2)c2ccc3c(c2)sc2ccc(N(c4ccccc4)c4cccc5ccccc45)cc23)cc2sc3ccccc3c12. The van der Waals surface area contributed by atoms with E-state index in [2.05, 4.69) is 186 Å². The third-order valence-electron chi connectivity index (χ3n) is 9.66. The number of para-hydroxylation sites is 2. The summed E-state index contributed by atoms with van der Waals surface area (Å²) in [6.07, 6.45) is 0. The lowest BCUT2D eigenvalue weighted by Crippen LogP contribution is -2.10. The molecule has 0 fully saturated rings. The van der Waals surface area contributed by atoms with Gasteiger partial charge in [-0.3, -0.25) is 0 Å². The number of benzene rings is 8. The van der Waals surface area contributed by atoms with Crippen LogP contribution in [0.4, 0.5) is 34.1 Å². The summed E-state index contributed by atoms with van der Waals surface area (Å²) < 4.78 is 4.93. The van der Waals surface area contributed by atoms with E-state index in [1.54, 1.807) is 11.3 Å². The largest absolute Gasteiger partial charge is 0.310 e. The first-order chi connectivity index (χ1) is 25.2. The Morgan fingerprint density at radius 2 is 0.961 bits per heavy atom. The molecule has 0 saturated carbocycles. The van der Waals surface area contributed by atoms with Crippen LogP contribution < -0.4 is 9.80 Å². The van der Waals surface area contributed by atoms with E-state index in [0.717, 1.165) is 44.5 Å². The number of halogens is 1. The lowest BCUT2D eigenvalue weighted by molar-refractivity contribution is 1.30. The van der Waals surface area contributed by atoms with Crippen LogP contribution in [0.15, 0.2) is 176 Å². The fourth-order valence-electron chi connectivity index (χ4n) is 7.38. The van der Waals surface area contributed by atoms with Gasteiger partial charge >= 0.3 is 0 Å². The minimum atomic E-state index is 0.769. The van der Waals surface area contributed by atoms with Crippen LogP contribution in [0, 0.1) is 0 Å². The third kappa shape index (κ3) is 5.14. The van der Waals surface area contributed by atoms with Gasteiger partial charge in [0.25, 0.3) is 0 Å². The number of anilines is 6. The summed E-state index contributed by atoms with van der Waals surface area (Å²) in [4.78, 5) is 4.70. The van der Waals surface area contributed by atoms with Crippen LogP contribution in [-0.4, -0.2) is 0 Å². The maximum absolute atomic E-state index is 7.09. The quantitative estimate of drug-likeness (QED) is 0.170. The molecule has 0 bridgehead atoms. The van der Waals surface area contributed by atoms with E-state index in [1.165, 1.54) is 45.7 Å². The summed E-state index contributed by atoms with van der Waals surface area (Å²) in [5.74, 6) is 0. The van der Waals surface area contributed by atoms with Crippen molar-refractivity contribution in [1.29, 1.82) is 0 Å². The highest BCUT2D eigenvalue weighted by Gasteiger charge is 2.20. The van der Waals surface area contributed by atoms with Crippen molar-refractivity contribution in [3.63, 3.8) is 0 Å². The normalized spacial score (nSPS) is 11.6. The molecule has 0 aliphatic heterocycles. The van der Waals surface area contributed by atoms with Crippen molar-refractivity contribution in [1.82, 2.24) is 0 Å². The first kappa shape index (κ1) is 30.2. The molecule has 0 unspecified atom stereocenters. The predicted molar refractivity (Wildman–Crippen MR) is 224 cm³/mol. The maximum atomic E-state index is 7.09.